The number of halogens is 2. The molecule has 0 aliphatic heterocycles. The molecule has 0 rings (SSSR count). The normalized spacial score (nSPS) is 12.2. The largest absolute Gasteiger partial charge is 0.251 e. The second-order valence-corrected chi connectivity index (χ2v) is 1.96. The third kappa shape index (κ3) is 7.82. The van der Waals surface area contributed by atoms with E-state index in [2.05, 4.69) is 20.9 Å². The van der Waals surface area contributed by atoms with E-state index in [0.717, 1.165) is 0 Å². The zero-order valence-electron chi connectivity index (χ0n) is 6.78. The smallest absolute Gasteiger partial charge is 0.136 e. The van der Waals surface area contributed by atoms with Crippen LogP contribution in [0, 0.1) is 0 Å². The van der Waals surface area contributed by atoms with Gasteiger partial charge in [-0.15, -0.1) is 0 Å². The molecule has 3 heteroatoms. The van der Waals surface area contributed by atoms with Crippen LogP contribution in [0.25, 0.3) is 0 Å². The Kier molecular flexibility index (Phi) is 11.0. The summed E-state index contributed by atoms with van der Waals surface area (Å²) in [6, 6.07) is 0. The van der Waals surface area contributed by atoms with Gasteiger partial charge in [-0.05, 0) is 29.8 Å². The van der Waals surface area contributed by atoms with Gasteiger partial charge in [0.1, 0.15) is 10.4 Å². The fourth-order valence-corrected chi connectivity index (χ4v) is 0.407. The van der Waals surface area contributed by atoms with Gasteiger partial charge in [0, 0.05) is 6.21 Å². The van der Waals surface area contributed by atoms with Crippen LogP contribution in [-0.2, 0) is 0 Å². The van der Waals surface area contributed by atoms with Gasteiger partial charge < -0.3 is 0 Å². The van der Waals surface area contributed by atoms with Gasteiger partial charge in [0.05, 0.1) is 0 Å². The minimum atomic E-state index is -0.303. The first-order valence-electron chi connectivity index (χ1n) is 3.19. The highest BCUT2D eigenvalue weighted by atomic mass is 79.9. The molecule has 0 heterocycles. The first kappa shape index (κ1) is 12.5. The second-order valence-electron chi connectivity index (χ2n) is 1.21. The average molecular weight is 210 g/mol. The molecule has 0 atom stereocenters. The van der Waals surface area contributed by atoms with Crippen molar-refractivity contribution in [3.63, 3.8) is 0 Å². The SMILES string of the molecule is C/C=N\C(Br)=C(/C)F.CC. The Bertz CT molecular complexity index is 126. The molecule has 0 bridgehead atoms. The van der Waals surface area contributed by atoms with Crippen molar-refractivity contribution in [2.24, 2.45) is 4.99 Å². The van der Waals surface area contributed by atoms with Crippen LogP contribution in [0.15, 0.2) is 15.4 Å². The molecule has 1 nitrogen and oxygen atoms in total. The minimum absolute atomic E-state index is 0.264. The van der Waals surface area contributed by atoms with Gasteiger partial charge in [0.25, 0.3) is 0 Å². The zero-order chi connectivity index (χ0) is 8.57. The van der Waals surface area contributed by atoms with Gasteiger partial charge in [0.15, 0.2) is 0 Å². The van der Waals surface area contributed by atoms with Crippen molar-refractivity contribution in [3.05, 3.63) is 10.4 Å². The Morgan fingerprint density at radius 3 is 2.00 bits per heavy atom. The average Bonchev–Trinajstić information content (AvgIpc) is 1.93. The molecule has 0 unspecified atom stereocenters. The first-order chi connectivity index (χ1) is 4.68. The maximum atomic E-state index is 12.0. The number of aliphatic imine (C=N–C) groups is 1. The fraction of sp³-hybridized carbons (Fsp3) is 0.571. The first-order valence-corrected chi connectivity index (χ1v) is 3.98. The van der Waals surface area contributed by atoms with Crippen molar-refractivity contribution in [3.8, 4) is 0 Å². The molecule has 0 aromatic rings. The van der Waals surface area contributed by atoms with E-state index >= 15 is 0 Å². The van der Waals surface area contributed by atoms with Crippen LogP contribution >= 0.6 is 15.9 Å². The molecule has 0 saturated heterocycles. The number of allylic oxidation sites excluding steroid dienone is 1. The monoisotopic (exact) mass is 209 g/mol. The summed E-state index contributed by atoms with van der Waals surface area (Å²) in [5, 5.41) is 0. The summed E-state index contributed by atoms with van der Waals surface area (Å²) in [7, 11) is 0. The van der Waals surface area contributed by atoms with Crippen molar-refractivity contribution in [2.75, 3.05) is 0 Å². The highest BCUT2D eigenvalue weighted by Gasteiger charge is 1.89. The van der Waals surface area contributed by atoms with E-state index < -0.39 is 0 Å². The second kappa shape index (κ2) is 8.82. The van der Waals surface area contributed by atoms with Crippen LogP contribution in [0.2, 0.25) is 0 Å². The van der Waals surface area contributed by atoms with E-state index in [1.807, 2.05) is 13.8 Å². The van der Waals surface area contributed by atoms with E-state index in [4.69, 9.17) is 0 Å². The van der Waals surface area contributed by atoms with Crippen molar-refractivity contribution in [2.45, 2.75) is 27.7 Å². The van der Waals surface area contributed by atoms with Gasteiger partial charge in [-0.25, -0.2) is 4.39 Å². The fourth-order valence-electron chi connectivity index (χ4n) is 0.202. The molecule has 0 N–H and O–H groups in total. The Balaban J connectivity index is 0. The molecular formula is C7H13BrFN. The summed E-state index contributed by atoms with van der Waals surface area (Å²) in [6.07, 6.45) is 1.52. The van der Waals surface area contributed by atoms with E-state index in [1.54, 1.807) is 6.92 Å². The van der Waals surface area contributed by atoms with Crippen LogP contribution in [0.1, 0.15) is 27.7 Å². The molecule has 0 aliphatic rings. The highest BCUT2D eigenvalue weighted by molar-refractivity contribution is 9.11. The van der Waals surface area contributed by atoms with Crippen molar-refractivity contribution < 1.29 is 4.39 Å². The van der Waals surface area contributed by atoms with Gasteiger partial charge in [-0.2, -0.15) is 0 Å². The van der Waals surface area contributed by atoms with Crippen molar-refractivity contribution in [1.82, 2.24) is 0 Å². The molecule has 10 heavy (non-hydrogen) atoms. The number of nitrogens with zero attached hydrogens (tertiary/aromatic N) is 1. The molecule has 0 aromatic carbocycles. The molecule has 0 radical (unpaired) electrons. The lowest BCUT2D eigenvalue weighted by molar-refractivity contribution is 0.635. The quantitative estimate of drug-likeness (QED) is 0.462. The van der Waals surface area contributed by atoms with Crippen LogP contribution in [-0.4, -0.2) is 6.21 Å². The Labute approximate surface area is 70.2 Å². The molecule has 0 aromatic heterocycles. The van der Waals surface area contributed by atoms with E-state index in [0.29, 0.717) is 0 Å². The zero-order valence-corrected chi connectivity index (χ0v) is 8.37. The summed E-state index contributed by atoms with van der Waals surface area (Å²) >= 11 is 2.91. The van der Waals surface area contributed by atoms with Gasteiger partial charge >= 0.3 is 0 Å². The Morgan fingerprint density at radius 2 is 1.90 bits per heavy atom. The maximum Gasteiger partial charge on any atom is 0.136 e. The standard InChI is InChI=1S/C5H7BrFN.C2H6/c1-3-8-5(6)4(2)7;1-2/h3H,1-2H3;1-2H3/b5-4+,8-3-;. The third-order valence-corrected chi connectivity index (χ3v) is 1.28. The molecule has 0 saturated carbocycles. The van der Waals surface area contributed by atoms with Gasteiger partial charge in [-0.1, -0.05) is 13.8 Å². The highest BCUT2D eigenvalue weighted by Crippen LogP contribution is 2.12. The maximum absolute atomic E-state index is 12.0. The molecule has 0 fully saturated rings. The molecule has 0 spiro atoms. The number of hydrogen-bond acceptors (Lipinski definition) is 1. The van der Waals surface area contributed by atoms with Crippen LogP contribution in [0.3, 0.4) is 0 Å². The van der Waals surface area contributed by atoms with Crippen LogP contribution in [0.5, 0.6) is 0 Å². The number of hydrogen-bond donors (Lipinski definition) is 0. The minimum Gasteiger partial charge on any atom is -0.251 e. The van der Waals surface area contributed by atoms with Crippen LogP contribution in [0.4, 0.5) is 4.39 Å². The predicted molar refractivity (Wildman–Crippen MR) is 48.2 cm³/mol. The molecule has 0 aliphatic carbocycles. The van der Waals surface area contributed by atoms with Gasteiger partial charge in [0.2, 0.25) is 0 Å². The summed E-state index contributed by atoms with van der Waals surface area (Å²) < 4.78 is 12.3. The van der Waals surface area contributed by atoms with Crippen molar-refractivity contribution in [1.29, 1.82) is 0 Å². The lowest BCUT2D eigenvalue weighted by Gasteiger charge is -1.85. The topological polar surface area (TPSA) is 12.4 Å². The van der Waals surface area contributed by atoms with Crippen molar-refractivity contribution >= 4 is 22.1 Å². The molecular weight excluding hydrogens is 197 g/mol. The number of rotatable bonds is 1. The lowest BCUT2D eigenvalue weighted by Crippen LogP contribution is -1.67. The Morgan fingerprint density at radius 1 is 1.50 bits per heavy atom. The summed E-state index contributed by atoms with van der Waals surface area (Å²) in [5.41, 5.74) is 0. The Hall–Kier alpha value is -0.180. The van der Waals surface area contributed by atoms with E-state index in [1.165, 1.54) is 13.1 Å². The van der Waals surface area contributed by atoms with Gasteiger partial charge in [-0.3, -0.25) is 4.99 Å². The predicted octanol–water partition coefficient (Wildman–Crippen LogP) is 3.66. The summed E-state index contributed by atoms with van der Waals surface area (Å²) in [4.78, 5) is 3.62. The van der Waals surface area contributed by atoms with Crippen LogP contribution < -0.4 is 0 Å². The summed E-state index contributed by atoms with van der Waals surface area (Å²) in [6.45, 7) is 7.07. The molecule has 60 valence electrons. The third-order valence-electron chi connectivity index (χ3n) is 0.527. The van der Waals surface area contributed by atoms with E-state index in [9.17, 15) is 4.39 Å². The van der Waals surface area contributed by atoms with E-state index in [-0.39, 0.29) is 10.4 Å². The molecule has 0 amide bonds. The lowest BCUT2D eigenvalue weighted by atomic mass is 10.6. The summed E-state index contributed by atoms with van der Waals surface area (Å²) in [5.74, 6) is -0.303.